The van der Waals surface area contributed by atoms with Crippen LogP contribution in [0.5, 0.6) is 0 Å². The number of carbonyl (C=O) groups excluding carboxylic acids is 1. The Labute approximate surface area is 180 Å². The second kappa shape index (κ2) is 8.04. The monoisotopic (exact) mass is 623 g/mol. The van der Waals surface area contributed by atoms with E-state index in [4.69, 9.17) is 4.42 Å². The number of furan rings is 1. The van der Waals surface area contributed by atoms with E-state index in [-0.39, 0.29) is 11.7 Å². The Balaban J connectivity index is 1.73. The summed E-state index contributed by atoms with van der Waals surface area (Å²) in [5.41, 5.74) is 5.14. The Kier molecular flexibility index (Phi) is 6.00. The highest BCUT2D eigenvalue weighted by molar-refractivity contribution is 14.1. The fourth-order valence-electron chi connectivity index (χ4n) is 2.25. The zero-order valence-corrected chi connectivity index (χ0v) is 18.8. The highest BCUT2D eigenvalue weighted by atomic mass is 127. The van der Waals surface area contributed by atoms with Gasteiger partial charge in [-0.1, -0.05) is 15.9 Å². The summed E-state index contributed by atoms with van der Waals surface area (Å²) in [5.74, 6) is -0.167. The smallest absolute Gasteiger partial charge is 0.307 e. The summed E-state index contributed by atoms with van der Waals surface area (Å²) in [7, 11) is 1.89. The van der Waals surface area contributed by atoms with Crippen molar-refractivity contribution in [3.05, 3.63) is 59.3 Å². The summed E-state index contributed by atoms with van der Waals surface area (Å²) >= 11 is 7.92. The summed E-state index contributed by atoms with van der Waals surface area (Å²) in [6.45, 7) is 0. The van der Waals surface area contributed by atoms with Crippen LogP contribution >= 0.6 is 61.1 Å². The van der Waals surface area contributed by atoms with Gasteiger partial charge in [-0.05, 0) is 87.1 Å². The van der Waals surface area contributed by atoms with E-state index in [0.29, 0.717) is 5.58 Å². The van der Waals surface area contributed by atoms with Crippen LogP contribution in [-0.2, 0) is 0 Å². The largest absolute Gasteiger partial charge is 0.451 e. The third-order valence-electron chi connectivity index (χ3n) is 3.40. The molecule has 0 aliphatic heterocycles. The van der Waals surface area contributed by atoms with Crippen LogP contribution in [0.3, 0.4) is 0 Å². The lowest BCUT2D eigenvalue weighted by Crippen LogP contribution is -2.16. The Bertz CT molecular complexity index is 962. The third-order valence-corrected chi connectivity index (χ3v) is 5.59. The Morgan fingerprint density at radius 2 is 1.92 bits per heavy atom. The topological polar surface area (TPSA) is 66.6 Å². The summed E-state index contributed by atoms with van der Waals surface area (Å²) in [4.78, 5) is 12.2. The highest BCUT2D eigenvalue weighted by Crippen LogP contribution is 2.26. The number of amides is 1. The van der Waals surface area contributed by atoms with E-state index < -0.39 is 0 Å². The van der Waals surface area contributed by atoms with Gasteiger partial charge < -0.3 is 9.73 Å². The number of benzene rings is 2. The fourth-order valence-corrected chi connectivity index (χ4v) is 4.99. The summed E-state index contributed by atoms with van der Waals surface area (Å²) < 4.78 is 8.64. The number of hydrogen-bond acceptors (Lipinski definition) is 4. The summed E-state index contributed by atoms with van der Waals surface area (Å²) in [6.07, 6.45) is 1.61. The van der Waals surface area contributed by atoms with Gasteiger partial charge in [-0.2, -0.15) is 5.10 Å². The molecule has 0 aliphatic rings. The van der Waals surface area contributed by atoms with E-state index in [1.165, 1.54) is 0 Å². The molecule has 128 valence electrons. The molecule has 5 nitrogen and oxygen atoms in total. The van der Waals surface area contributed by atoms with Gasteiger partial charge in [-0.25, -0.2) is 5.43 Å². The summed E-state index contributed by atoms with van der Waals surface area (Å²) in [6, 6.07) is 11.2. The van der Waals surface area contributed by atoms with Crippen molar-refractivity contribution in [2.45, 2.75) is 0 Å². The minimum absolute atomic E-state index is 0.222. The van der Waals surface area contributed by atoms with E-state index in [2.05, 4.69) is 77.0 Å². The van der Waals surface area contributed by atoms with Crippen molar-refractivity contribution in [2.75, 3.05) is 12.4 Å². The predicted molar refractivity (Wildman–Crippen MR) is 120 cm³/mol. The molecule has 0 atom stereocenters. The molecule has 0 spiro atoms. The number of carbonyl (C=O) groups is 1. The van der Waals surface area contributed by atoms with Crippen molar-refractivity contribution in [3.8, 4) is 0 Å². The molecule has 0 unspecified atom stereocenters. The van der Waals surface area contributed by atoms with Crippen molar-refractivity contribution in [3.63, 3.8) is 0 Å². The molecule has 1 heterocycles. The lowest BCUT2D eigenvalue weighted by molar-refractivity contribution is 0.0929. The van der Waals surface area contributed by atoms with E-state index in [1.54, 1.807) is 12.3 Å². The first kappa shape index (κ1) is 18.6. The molecule has 0 saturated heterocycles. The van der Waals surface area contributed by atoms with E-state index >= 15 is 0 Å². The van der Waals surface area contributed by atoms with Gasteiger partial charge in [-0.15, -0.1) is 0 Å². The fraction of sp³-hybridized carbons (Fsp3) is 0.0588. The van der Waals surface area contributed by atoms with Crippen LogP contribution in [0.1, 0.15) is 16.1 Å². The number of rotatable bonds is 4. The molecule has 2 N–H and O–H groups in total. The number of hydrogen-bond donors (Lipinski definition) is 2. The third kappa shape index (κ3) is 4.34. The van der Waals surface area contributed by atoms with Crippen molar-refractivity contribution in [1.82, 2.24) is 5.43 Å². The quantitative estimate of drug-likeness (QED) is 0.238. The number of anilines is 1. The lowest BCUT2D eigenvalue weighted by atomic mass is 10.2. The number of fused-ring (bicyclic) bond motifs is 1. The van der Waals surface area contributed by atoms with E-state index in [0.717, 1.165) is 28.3 Å². The van der Waals surface area contributed by atoms with Crippen molar-refractivity contribution in [1.29, 1.82) is 0 Å². The standard InChI is InChI=1S/C17H12BrI2N3O2/c1-21-16-12(19)4-9(5-13(16)20)8-22-23-17(24)15-7-10-6-11(18)2-3-14(10)25-15/h2-8,21H,1H3,(H,23,24)/b22-8+. The SMILES string of the molecule is CNc1c(I)cc(/C=N/NC(=O)c2cc3cc(Br)ccc3o2)cc1I. The predicted octanol–water partition coefficient (Wildman–Crippen LogP) is 5.21. The average Bonchev–Trinajstić information content (AvgIpc) is 2.97. The normalized spacial score (nSPS) is 11.2. The molecule has 0 radical (unpaired) electrons. The second-order valence-corrected chi connectivity index (χ2v) is 8.34. The van der Waals surface area contributed by atoms with Gasteiger partial charge in [0, 0.05) is 24.0 Å². The van der Waals surface area contributed by atoms with Gasteiger partial charge in [0.15, 0.2) is 5.76 Å². The molecule has 1 aromatic heterocycles. The zero-order chi connectivity index (χ0) is 18.0. The van der Waals surface area contributed by atoms with Crippen LogP contribution in [0.2, 0.25) is 0 Å². The molecule has 2 aromatic carbocycles. The molecule has 3 rings (SSSR count). The van der Waals surface area contributed by atoms with Crippen LogP contribution < -0.4 is 10.7 Å². The molecular formula is C17H12BrI2N3O2. The van der Waals surface area contributed by atoms with Crippen LogP contribution in [0, 0.1) is 7.14 Å². The molecule has 8 heteroatoms. The van der Waals surface area contributed by atoms with Gasteiger partial charge in [0.2, 0.25) is 0 Å². The molecule has 0 saturated carbocycles. The molecule has 1 amide bonds. The van der Waals surface area contributed by atoms with Crippen molar-refractivity contribution < 1.29 is 9.21 Å². The molecule has 0 fully saturated rings. The van der Waals surface area contributed by atoms with Crippen molar-refractivity contribution in [2.24, 2.45) is 5.10 Å². The molecule has 3 aromatic rings. The van der Waals surface area contributed by atoms with Gasteiger partial charge in [0.05, 0.1) is 11.9 Å². The first-order valence-electron chi connectivity index (χ1n) is 7.17. The van der Waals surface area contributed by atoms with E-state index in [9.17, 15) is 4.79 Å². The Morgan fingerprint density at radius 1 is 1.20 bits per heavy atom. The molecule has 0 aliphatic carbocycles. The summed E-state index contributed by atoms with van der Waals surface area (Å²) in [5, 5.41) is 8.04. The van der Waals surface area contributed by atoms with Crippen LogP contribution in [-0.4, -0.2) is 19.2 Å². The minimum atomic E-state index is -0.389. The van der Waals surface area contributed by atoms with Gasteiger partial charge in [-0.3, -0.25) is 4.79 Å². The van der Waals surface area contributed by atoms with Crippen LogP contribution in [0.25, 0.3) is 11.0 Å². The van der Waals surface area contributed by atoms with Gasteiger partial charge in [0.25, 0.3) is 0 Å². The average molecular weight is 624 g/mol. The molecule has 25 heavy (non-hydrogen) atoms. The minimum Gasteiger partial charge on any atom is -0.451 e. The first-order valence-corrected chi connectivity index (χ1v) is 10.1. The maximum Gasteiger partial charge on any atom is 0.307 e. The van der Waals surface area contributed by atoms with E-state index in [1.807, 2.05) is 37.4 Å². The number of hydrazone groups is 1. The maximum absolute atomic E-state index is 12.2. The number of halogens is 3. The first-order chi connectivity index (χ1) is 12.0. The molecular weight excluding hydrogens is 612 g/mol. The van der Waals surface area contributed by atoms with Crippen LogP contribution in [0.15, 0.2) is 50.4 Å². The van der Waals surface area contributed by atoms with Gasteiger partial charge in [0.1, 0.15) is 5.58 Å². The van der Waals surface area contributed by atoms with Gasteiger partial charge >= 0.3 is 5.91 Å². The molecule has 0 bridgehead atoms. The highest BCUT2D eigenvalue weighted by Gasteiger charge is 2.11. The van der Waals surface area contributed by atoms with Crippen LogP contribution in [0.4, 0.5) is 5.69 Å². The maximum atomic E-state index is 12.2. The number of nitrogens with zero attached hydrogens (tertiary/aromatic N) is 1. The zero-order valence-electron chi connectivity index (χ0n) is 12.9. The van der Waals surface area contributed by atoms with Crippen molar-refractivity contribution >= 4 is 89.9 Å². The Hall–Kier alpha value is -1.14. The second-order valence-electron chi connectivity index (χ2n) is 5.10. The lowest BCUT2D eigenvalue weighted by Gasteiger charge is -2.07. The Morgan fingerprint density at radius 3 is 2.60 bits per heavy atom. The number of nitrogens with one attached hydrogen (secondary N) is 2.